The van der Waals surface area contributed by atoms with Gasteiger partial charge in [0, 0.05) is 12.0 Å². The predicted molar refractivity (Wildman–Crippen MR) is 106 cm³/mol. The Morgan fingerprint density at radius 2 is 1.81 bits per heavy atom. The van der Waals surface area contributed by atoms with E-state index in [0.29, 0.717) is 30.4 Å². The standard InChI is InChI=1S/C22H24FN3O/c1-16(2)8-13-20(27)25-22-21(18-9-11-19(23)12-10-18)24-15-26(22)14-17-6-4-3-5-7-17/h3-7,9-12,15-16H,8,13-14H2,1-2H3,(H,25,27). The van der Waals surface area contributed by atoms with Crippen LogP contribution in [0.5, 0.6) is 0 Å². The number of halogens is 1. The molecule has 0 aliphatic carbocycles. The van der Waals surface area contributed by atoms with Crippen molar-refractivity contribution in [2.45, 2.75) is 33.2 Å². The Kier molecular flexibility index (Phi) is 6.01. The van der Waals surface area contributed by atoms with E-state index in [0.717, 1.165) is 17.5 Å². The van der Waals surface area contributed by atoms with Crippen molar-refractivity contribution >= 4 is 11.7 Å². The lowest BCUT2D eigenvalue weighted by Gasteiger charge is -2.12. The van der Waals surface area contributed by atoms with Gasteiger partial charge in [-0.2, -0.15) is 0 Å². The van der Waals surface area contributed by atoms with Crippen LogP contribution in [0.15, 0.2) is 60.9 Å². The molecule has 2 aromatic carbocycles. The number of carbonyl (C=O) groups excluding carboxylic acids is 1. The molecule has 0 aliphatic rings. The summed E-state index contributed by atoms with van der Waals surface area (Å²) in [6.45, 7) is 4.78. The van der Waals surface area contributed by atoms with Gasteiger partial charge in [-0.1, -0.05) is 44.2 Å². The minimum absolute atomic E-state index is 0.0399. The quantitative estimate of drug-likeness (QED) is 0.632. The molecule has 0 fully saturated rings. The van der Waals surface area contributed by atoms with Crippen LogP contribution in [-0.2, 0) is 11.3 Å². The second-order valence-electron chi connectivity index (χ2n) is 7.04. The third-order valence-electron chi connectivity index (χ3n) is 4.36. The number of benzene rings is 2. The van der Waals surface area contributed by atoms with E-state index >= 15 is 0 Å². The topological polar surface area (TPSA) is 46.9 Å². The van der Waals surface area contributed by atoms with Crippen LogP contribution < -0.4 is 5.32 Å². The van der Waals surface area contributed by atoms with Crippen LogP contribution in [0.2, 0.25) is 0 Å². The number of carbonyl (C=O) groups is 1. The number of anilines is 1. The summed E-state index contributed by atoms with van der Waals surface area (Å²) in [5.41, 5.74) is 2.52. The minimum Gasteiger partial charge on any atom is -0.312 e. The molecule has 3 rings (SSSR count). The highest BCUT2D eigenvalue weighted by Crippen LogP contribution is 2.28. The molecule has 1 heterocycles. The van der Waals surface area contributed by atoms with Crippen LogP contribution >= 0.6 is 0 Å². The molecule has 0 atom stereocenters. The molecule has 0 saturated heterocycles. The third kappa shape index (κ3) is 5.03. The fraction of sp³-hybridized carbons (Fsp3) is 0.273. The Balaban J connectivity index is 1.91. The summed E-state index contributed by atoms with van der Waals surface area (Å²) in [5, 5.41) is 3.02. The lowest BCUT2D eigenvalue weighted by Crippen LogP contribution is -2.16. The normalized spacial score (nSPS) is 11.0. The minimum atomic E-state index is -0.301. The van der Waals surface area contributed by atoms with Crippen molar-refractivity contribution in [2.75, 3.05) is 5.32 Å². The summed E-state index contributed by atoms with van der Waals surface area (Å²) in [4.78, 5) is 16.9. The van der Waals surface area contributed by atoms with Crippen molar-refractivity contribution in [3.63, 3.8) is 0 Å². The van der Waals surface area contributed by atoms with Gasteiger partial charge in [-0.3, -0.25) is 4.79 Å². The fourth-order valence-electron chi connectivity index (χ4n) is 2.85. The van der Waals surface area contributed by atoms with E-state index in [-0.39, 0.29) is 11.7 Å². The number of nitrogens with one attached hydrogen (secondary N) is 1. The number of aromatic nitrogens is 2. The molecule has 27 heavy (non-hydrogen) atoms. The molecule has 0 radical (unpaired) electrons. The smallest absolute Gasteiger partial charge is 0.225 e. The van der Waals surface area contributed by atoms with Gasteiger partial charge in [-0.15, -0.1) is 0 Å². The second kappa shape index (κ2) is 8.62. The number of hydrogen-bond donors (Lipinski definition) is 1. The fourth-order valence-corrected chi connectivity index (χ4v) is 2.85. The zero-order valence-corrected chi connectivity index (χ0v) is 15.7. The molecule has 0 bridgehead atoms. The molecule has 140 valence electrons. The van der Waals surface area contributed by atoms with Crippen molar-refractivity contribution in [1.82, 2.24) is 9.55 Å². The van der Waals surface area contributed by atoms with E-state index in [4.69, 9.17) is 0 Å². The van der Waals surface area contributed by atoms with Gasteiger partial charge < -0.3 is 9.88 Å². The first-order chi connectivity index (χ1) is 13.0. The number of rotatable bonds is 7. The highest BCUT2D eigenvalue weighted by molar-refractivity contribution is 5.93. The van der Waals surface area contributed by atoms with E-state index in [1.165, 1.54) is 12.1 Å². The average molecular weight is 365 g/mol. The molecule has 0 aliphatic heterocycles. The molecular weight excluding hydrogens is 341 g/mol. The molecule has 1 amide bonds. The van der Waals surface area contributed by atoms with Crippen molar-refractivity contribution in [3.8, 4) is 11.3 Å². The number of nitrogens with zero attached hydrogens (tertiary/aromatic N) is 2. The summed E-state index contributed by atoms with van der Waals surface area (Å²) >= 11 is 0. The van der Waals surface area contributed by atoms with Crippen LogP contribution in [0.1, 0.15) is 32.3 Å². The Hall–Kier alpha value is -2.95. The predicted octanol–water partition coefficient (Wildman–Crippen LogP) is 5.11. The van der Waals surface area contributed by atoms with Crippen LogP contribution in [-0.4, -0.2) is 15.5 Å². The first kappa shape index (κ1) is 18.8. The Morgan fingerprint density at radius 1 is 1.11 bits per heavy atom. The van der Waals surface area contributed by atoms with E-state index in [1.54, 1.807) is 18.5 Å². The lowest BCUT2D eigenvalue weighted by molar-refractivity contribution is -0.116. The number of imidazole rings is 1. The zero-order valence-electron chi connectivity index (χ0n) is 15.7. The molecule has 5 heteroatoms. The lowest BCUT2D eigenvalue weighted by atomic mass is 10.1. The van der Waals surface area contributed by atoms with Gasteiger partial charge in [-0.25, -0.2) is 9.37 Å². The monoisotopic (exact) mass is 365 g/mol. The molecule has 4 nitrogen and oxygen atoms in total. The Bertz CT molecular complexity index is 886. The Labute approximate surface area is 159 Å². The maximum absolute atomic E-state index is 13.3. The molecule has 1 aromatic heterocycles. The highest BCUT2D eigenvalue weighted by Gasteiger charge is 2.16. The molecule has 1 N–H and O–H groups in total. The van der Waals surface area contributed by atoms with Crippen molar-refractivity contribution < 1.29 is 9.18 Å². The highest BCUT2D eigenvalue weighted by atomic mass is 19.1. The largest absolute Gasteiger partial charge is 0.312 e. The van der Waals surface area contributed by atoms with Gasteiger partial charge in [-0.05, 0) is 42.2 Å². The van der Waals surface area contributed by atoms with E-state index in [9.17, 15) is 9.18 Å². The van der Waals surface area contributed by atoms with Crippen LogP contribution in [0.3, 0.4) is 0 Å². The summed E-state index contributed by atoms with van der Waals surface area (Å²) < 4.78 is 15.2. The number of hydrogen-bond acceptors (Lipinski definition) is 2. The van der Waals surface area contributed by atoms with E-state index in [2.05, 4.69) is 24.1 Å². The van der Waals surface area contributed by atoms with Gasteiger partial charge in [0.25, 0.3) is 0 Å². The average Bonchev–Trinajstić information content (AvgIpc) is 3.04. The van der Waals surface area contributed by atoms with Crippen molar-refractivity contribution in [3.05, 3.63) is 72.3 Å². The van der Waals surface area contributed by atoms with Gasteiger partial charge in [0.15, 0.2) is 0 Å². The van der Waals surface area contributed by atoms with Crippen molar-refractivity contribution in [2.24, 2.45) is 5.92 Å². The summed E-state index contributed by atoms with van der Waals surface area (Å²) in [6, 6.07) is 16.1. The SMILES string of the molecule is CC(C)CCC(=O)Nc1c(-c2ccc(F)cc2)ncn1Cc1ccccc1. The second-order valence-corrected chi connectivity index (χ2v) is 7.04. The summed E-state index contributed by atoms with van der Waals surface area (Å²) in [5.74, 6) is 0.757. The summed E-state index contributed by atoms with van der Waals surface area (Å²) in [7, 11) is 0. The van der Waals surface area contributed by atoms with Crippen LogP contribution in [0.4, 0.5) is 10.2 Å². The van der Waals surface area contributed by atoms with Crippen LogP contribution in [0, 0.1) is 11.7 Å². The van der Waals surface area contributed by atoms with E-state index in [1.807, 2.05) is 34.9 Å². The molecular formula is C22H24FN3O. The van der Waals surface area contributed by atoms with Gasteiger partial charge in [0.1, 0.15) is 17.3 Å². The van der Waals surface area contributed by atoms with Gasteiger partial charge in [0.05, 0.1) is 12.9 Å². The molecule has 3 aromatic rings. The molecule has 0 spiro atoms. The van der Waals surface area contributed by atoms with Gasteiger partial charge >= 0.3 is 0 Å². The number of amides is 1. The summed E-state index contributed by atoms with van der Waals surface area (Å²) in [6.07, 6.45) is 2.99. The Morgan fingerprint density at radius 3 is 2.48 bits per heavy atom. The van der Waals surface area contributed by atoms with E-state index < -0.39 is 0 Å². The maximum Gasteiger partial charge on any atom is 0.225 e. The first-order valence-corrected chi connectivity index (χ1v) is 9.18. The zero-order chi connectivity index (χ0) is 19.2. The van der Waals surface area contributed by atoms with Crippen LogP contribution in [0.25, 0.3) is 11.3 Å². The maximum atomic E-state index is 13.3. The first-order valence-electron chi connectivity index (χ1n) is 9.18. The third-order valence-corrected chi connectivity index (χ3v) is 4.36. The molecule has 0 unspecified atom stereocenters. The molecule has 0 saturated carbocycles. The van der Waals surface area contributed by atoms with Crippen molar-refractivity contribution in [1.29, 1.82) is 0 Å². The van der Waals surface area contributed by atoms with Gasteiger partial charge in [0.2, 0.25) is 5.91 Å².